The minimum absolute atomic E-state index is 0.0665. The van der Waals surface area contributed by atoms with E-state index in [4.69, 9.17) is 49.2 Å². The van der Waals surface area contributed by atoms with Crippen LogP contribution in [0.2, 0.25) is 15.1 Å². The first-order valence-corrected chi connectivity index (χ1v) is 13.2. The Hall–Kier alpha value is -2.64. The number of nitrogens with zero attached hydrogens (tertiary/aromatic N) is 1. The standard InChI is InChI=1S/C27H22Cl3NO4S/c1-15(2)26-19(25(31-35-26)23-20(28)6-4-7-21(23)29)13-34-22-8-3-5-17(24(22)30)14-36-18-11-9-16(10-12-18)27(32)33/h3-12,15H,13-14H2,1-2H3,(H,32,33). The van der Waals surface area contributed by atoms with Crippen LogP contribution in [-0.2, 0) is 12.4 Å². The summed E-state index contributed by atoms with van der Waals surface area (Å²) in [6, 6.07) is 17.6. The second-order valence-electron chi connectivity index (χ2n) is 8.26. The van der Waals surface area contributed by atoms with Crippen molar-refractivity contribution in [2.75, 3.05) is 0 Å². The fraction of sp³-hybridized carbons (Fsp3) is 0.185. The molecule has 0 aliphatic rings. The molecule has 0 bridgehead atoms. The van der Waals surface area contributed by atoms with Crippen molar-refractivity contribution in [2.24, 2.45) is 0 Å². The molecule has 0 spiro atoms. The van der Waals surface area contributed by atoms with Gasteiger partial charge in [-0.25, -0.2) is 4.79 Å². The van der Waals surface area contributed by atoms with E-state index in [-0.39, 0.29) is 18.1 Å². The third-order valence-corrected chi connectivity index (χ3v) is 7.57. The van der Waals surface area contributed by atoms with Crippen LogP contribution < -0.4 is 4.74 Å². The Morgan fingerprint density at radius 3 is 2.33 bits per heavy atom. The number of halogens is 3. The van der Waals surface area contributed by atoms with Crippen LogP contribution in [0.15, 0.2) is 70.1 Å². The molecular weight excluding hydrogens is 541 g/mol. The average molecular weight is 563 g/mol. The van der Waals surface area contributed by atoms with Gasteiger partial charge in [0.05, 0.1) is 26.2 Å². The van der Waals surface area contributed by atoms with Crippen molar-refractivity contribution in [2.45, 2.75) is 37.0 Å². The molecule has 1 aromatic heterocycles. The van der Waals surface area contributed by atoms with Gasteiger partial charge < -0.3 is 14.4 Å². The zero-order chi connectivity index (χ0) is 25.8. The van der Waals surface area contributed by atoms with Crippen molar-refractivity contribution < 1.29 is 19.2 Å². The number of ether oxygens (including phenoxy) is 1. The Bertz CT molecular complexity index is 1370. The summed E-state index contributed by atoms with van der Waals surface area (Å²) in [5.74, 6) is 0.925. The van der Waals surface area contributed by atoms with Crippen LogP contribution in [0.4, 0.5) is 0 Å². The van der Waals surface area contributed by atoms with E-state index in [2.05, 4.69) is 5.16 Å². The van der Waals surface area contributed by atoms with Crippen molar-refractivity contribution >= 4 is 52.5 Å². The van der Waals surface area contributed by atoms with E-state index >= 15 is 0 Å². The molecule has 0 atom stereocenters. The van der Waals surface area contributed by atoms with Crippen LogP contribution in [0.25, 0.3) is 11.3 Å². The third-order valence-electron chi connectivity index (χ3n) is 5.45. The third kappa shape index (κ3) is 5.84. The summed E-state index contributed by atoms with van der Waals surface area (Å²) in [6.07, 6.45) is 0. The summed E-state index contributed by atoms with van der Waals surface area (Å²) in [4.78, 5) is 12.0. The monoisotopic (exact) mass is 561 g/mol. The molecule has 4 aromatic rings. The van der Waals surface area contributed by atoms with Gasteiger partial charge in [0.25, 0.3) is 0 Å². The smallest absolute Gasteiger partial charge is 0.335 e. The van der Waals surface area contributed by atoms with Gasteiger partial charge in [0.2, 0.25) is 0 Å². The molecule has 1 heterocycles. The van der Waals surface area contributed by atoms with Gasteiger partial charge in [0, 0.05) is 22.1 Å². The molecular formula is C27H22Cl3NO4S. The van der Waals surface area contributed by atoms with E-state index in [1.165, 1.54) is 0 Å². The highest BCUT2D eigenvalue weighted by Crippen LogP contribution is 2.39. The lowest BCUT2D eigenvalue weighted by Crippen LogP contribution is -2.02. The lowest BCUT2D eigenvalue weighted by atomic mass is 10.0. The van der Waals surface area contributed by atoms with E-state index in [0.717, 1.165) is 16.0 Å². The normalized spacial score (nSPS) is 11.2. The molecule has 36 heavy (non-hydrogen) atoms. The highest BCUT2D eigenvalue weighted by Gasteiger charge is 2.24. The predicted octanol–water partition coefficient (Wildman–Crippen LogP) is 8.99. The molecule has 0 aliphatic carbocycles. The predicted molar refractivity (Wildman–Crippen MR) is 145 cm³/mol. The van der Waals surface area contributed by atoms with Gasteiger partial charge in [0.1, 0.15) is 23.8 Å². The SMILES string of the molecule is CC(C)c1onc(-c2c(Cl)cccc2Cl)c1COc1cccc(CSc2ccc(C(=O)O)cc2)c1Cl. The Labute approximate surface area is 228 Å². The van der Waals surface area contributed by atoms with E-state index < -0.39 is 5.97 Å². The van der Waals surface area contributed by atoms with Crippen LogP contribution in [0.3, 0.4) is 0 Å². The highest BCUT2D eigenvalue weighted by molar-refractivity contribution is 7.98. The second kappa shape index (κ2) is 11.6. The summed E-state index contributed by atoms with van der Waals surface area (Å²) in [5, 5.41) is 14.8. The maximum atomic E-state index is 11.1. The fourth-order valence-corrected chi connectivity index (χ4v) is 5.41. The lowest BCUT2D eigenvalue weighted by Gasteiger charge is -2.13. The zero-order valence-electron chi connectivity index (χ0n) is 19.4. The summed E-state index contributed by atoms with van der Waals surface area (Å²) < 4.78 is 11.8. The number of carboxylic acids is 1. The molecule has 4 rings (SSSR count). The van der Waals surface area contributed by atoms with Crippen LogP contribution in [0.5, 0.6) is 5.75 Å². The number of thioether (sulfide) groups is 1. The van der Waals surface area contributed by atoms with Crippen LogP contribution >= 0.6 is 46.6 Å². The van der Waals surface area contributed by atoms with Gasteiger partial charge in [-0.2, -0.15) is 0 Å². The van der Waals surface area contributed by atoms with Crippen molar-refractivity contribution in [3.63, 3.8) is 0 Å². The van der Waals surface area contributed by atoms with Crippen LogP contribution in [0.1, 0.15) is 47.0 Å². The Morgan fingerprint density at radius 2 is 1.69 bits per heavy atom. The van der Waals surface area contributed by atoms with Crippen molar-refractivity contribution in [3.05, 3.63) is 98.2 Å². The molecule has 0 saturated heterocycles. The minimum atomic E-state index is -0.951. The molecule has 186 valence electrons. The maximum Gasteiger partial charge on any atom is 0.335 e. The summed E-state index contributed by atoms with van der Waals surface area (Å²) in [6.45, 7) is 4.19. The number of hydrogen-bond acceptors (Lipinski definition) is 5. The first-order valence-electron chi connectivity index (χ1n) is 11.1. The van der Waals surface area contributed by atoms with Crippen molar-refractivity contribution in [1.29, 1.82) is 0 Å². The van der Waals surface area contributed by atoms with E-state index in [9.17, 15) is 4.79 Å². The molecule has 3 aromatic carbocycles. The Morgan fingerprint density at radius 1 is 1.03 bits per heavy atom. The van der Waals surface area contributed by atoms with Gasteiger partial charge >= 0.3 is 5.97 Å². The number of aromatic carboxylic acids is 1. The van der Waals surface area contributed by atoms with Gasteiger partial charge in [-0.15, -0.1) is 11.8 Å². The van der Waals surface area contributed by atoms with Gasteiger partial charge in [-0.3, -0.25) is 0 Å². The number of rotatable bonds is 9. The molecule has 9 heteroatoms. The molecule has 1 N–H and O–H groups in total. The summed E-state index contributed by atoms with van der Waals surface area (Å²) >= 11 is 21.1. The topological polar surface area (TPSA) is 72.6 Å². The quantitative estimate of drug-likeness (QED) is 0.205. The molecule has 0 aliphatic heterocycles. The largest absolute Gasteiger partial charge is 0.487 e. The van der Waals surface area contributed by atoms with E-state index in [1.807, 2.05) is 32.0 Å². The molecule has 0 unspecified atom stereocenters. The van der Waals surface area contributed by atoms with E-state index in [1.54, 1.807) is 54.2 Å². The van der Waals surface area contributed by atoms with Crippen LogP contribution in [0, 0.1) is 0 Å². The number of carbonyl (C=O) groups is 1. The molecule has 0 saturated carbocycles. The molecule has 0 amide bonds. The first-order chi connectivity index (χ1) is 17.3. The van der Waals surface area contributed by atoms with Crippen molar-refractivity contribution in [1.82, 2.24) is 5.16 Å². The minimum Gasteiger partial charge on any atom is -0.487 e. The van der Waals surface area contributed by atoms with Gasteiger partial charge in [0.15, 0.2) is 0 Å². The second-order valence-corrected chi connectivity index (χ2v) is 10.5. The maximum absolute atomic E-state index is 11.1. The average Bonchev–Trinajstić information content (AvgIpc) is 3.26. The van der Waals surface area contributed by atoms with E-state index in [0.29, 0.717) is 43.6 Å². The fourth-order valence-electron chi connectivity index (χ4n) is 3.62. The number of hydrogen-bond donors (Lipinski definition) is 1. The summed E-state index contributed by atoms with van der Waals surface area (Å²) in [5.41, 5.74) is 3.04. The summed E-state index contributed by atoms with van der Waals surface area (Å²) in [7, 11) is 0. The number of aromatic nitrogens is 1. The van der Waals surface area contributed by atoms with Gasteiger partial charge in [-0.1, -0.05) is 72.0 Å². The van der Waals surface area contributed by atoms with Crippen molar-refractivity contribution in [3.8, 4) is 17.0 Å². The number of benzene rings is 3. The zero-order valence-corrected chi connectivity index (χ0v) is 22.5. The highest BCUT2D eigenvalue weighted by atomic mass is 35.5. The first kappa shape index (κ1) is 26.4. The molecule has 0 radical (unpaired) electrons. The Balaban J connectivity index is 1.54. The molecule has 5 nitrogen and oxygen atoms in total. The van der Waals surface area contributed by atoms with Crippen LogP contribution in [-0.4, -0.2) is 16.2 Å². The molecule has 0 fully saturated rings. The van der Waals surface area contributed by atoms with Gasteiger partial charge in [-0.05, 0) is 48.0 Å². The lowest BCUT2D eigenvalue weighted by molar-refractivity contribution is 0.0697. The Kier molecular flexibility index (Phi) is 8.52. The number of carboxylic acid groups (broad SMARTS) is 1.